The highest BCUT2D eigenvalue weighted by Crippen LogP contribution is 2.20. The van der Waals surface area contributed by atoms with Crippen LogP contribution in [-0.4, -0.2) is 17.7 Å². The molecule has 0 aliphatic carbocycles. The molecule has 2 aromatic carbocycles. The molecule has 0 radical (unpaired) electrons. The van der Waals surface area contributed by atoms with Crippen LogP contribution in [0.25, 0.3) is 0 Å². The third-order valence-electron chi connectivity index (χ3n) is 4.02. The van der Waals surface area contributed by atoms with E-state index in [1.807, 2.05) is 13.8 Å². The number of anilines is 1. The molecule has 1 amide bonds. The molecule has 0 aliphatic heterocycles. The third-order valence-corrected chi connectivity index (χ3v) is 4.02. The van der Waals surface area contributed by atoms with Crippen molar-refractivity contribution in [3.8, 4) is 11.5 Å². The number of aryl methyl sites for hydroxylation is 2. The highest BCUT2D eigenvalue weighted by molar-refractivity contribution is 6.04. The molecule has 1 heterocycles. The van der Waals surface area contributed by atoms with E-state index in [-0.39, 0.29) is 11.7 Å². The van der Waals surface area contributed by atoms with Crippen LogP contribution in [0, 0.1) is 13.8 Å². The molecular formula is C20H18F2N2O4. The van der Waals surface area contributed by atoms with Crippen LogP contribution in [0.1, 0.15) is 27.4 Å². The number of rotatable bonds is 7. The summed E-state index contributed by atoms with van der Waals surface area (Å²) >= 11 is 0. The van der Waals surface area contributed by atoms with Crippen molar-refractivity contribution >= 4 is 11.6 Å². The van der Waals surface area contributed by atoms with Gasteiger partial charge < -0.3 is 19.3 Å². The van der Waals surface area contributed by atoms with Gasteiger partial charge in [-0.15, -0.1) is 0 Å². The smallest absolute Gasteiger partial charge is 0.387 e. The predicted molar refractivity (Wildman–Crippen MR) is 97.8 cm³/mol. The van der Waals surface area contributed by atoms with Crippen LogP contribution in [-0.2, 0) is 6.61 Å². The number of nitrogens with zero attached hydrogens (tertiary/aromatic N) is 1. The zero-order valence-electron chi connectivity index (χ0n) is 15.2. The second kappa shape index (κ2) is 8.51. The summed E-state index contributed by atoms with van der Waals surface area (Å²) in [5.74, 6) is 0.996. The van der Waals surface area contributed by atoms with E-state index in [0.717, 1.165) is 11.3 Å². The van der Waals surface area contributed by atoms with Gasteiger partial charge in [0.25, 0.3) is 5.91 Å². The number of carbonyl (C=O) groups is 1. The molecule has 3 rings (SSSR count). The number of hydrogen-bond donors (Lipinski definition) is 1. The maximum Gasteiger partial charge on any atom is 0.387 e. The maximum atomic E-state index is 12.3. The fourth-order valence-corrected chi connectivity index (χ4v) is 2.49. The molecular weight excluding hydrogens is 370 g/mol. The van der Waals surface area contributed by atoms with Gasteiger partial charge in [-0.2, -0.15) is 8.78 Å². The Bertz CT molecular complexity index is 918. The number of hydrogen-bond acceptors (Lipinski definition) is 5. The molecule has 0 spiro atoms. The van der Waals surface area contributed by atoms with E-state index < -0.39 is 6.61 Å². The lowest BCUT2D eigenvalue weighted by Crippen LogP contribution is -2.11. The van der Waals surface area contributed by atoms with Gasteiger partial charge in [-0.25, -0.2) is 0 Å². The summed E-state index contributed by atoms with van der Waals surface area (Å²) in [6.45, 7) is 1.09. The van der Waals surface area contributed by atoms with Gasteiger partial charge in [0.2, 0.25) is 0 Å². The first kappa shape index (κ1) is 19.3. The number of amides is 1. The van der Waals surface area contributed by atoms with Crippen molar-refractivity contribution in [3.05, 3.63) is 71.1 Å². The minimum atomic E-state index is -2.89. The highest BCUT2D eigenvalue weighted by Gasteiger charge is 2.11. The molecule has 0 fully saturated rings. The largest absolute Gasteiger partial charge is 0.489 e. The molecule has 28 heavy (non-hydrogen) atoms. The molecule has 0 atom stereocenters. The summed E-state index contributed by atoms with van der Waals surface area (Å²) in [6, 6.07) is 12.3. The van der Waals surface area contributed by atoms with Crippen LogP contribution >= 0.6 is 0 Å². The summed E-state index contributed by atoms with van der Waals surface area (Å²) in [5, 5.41) is 6.56. The summed E-state index contributed by atoms with van der Waals surface area (Å²) in [5.41, 5.74) is 2.56. The number of aromatic nitrogens is 1. The van der Waals surface area contributed by atoms with Gasteiger partial charge in [-0.05, 0) is 62.4 Å². The van der Waals surface area contributed by atoms with Crippen LogP contribution in [0.5, 0.6) is 11.5 Å². The standard InChI is InChI=1S/C20H18F2N2O4/c1-12-18(13(2)28-24-12)11-26-16-7-3-14(4-8-16)19(25)23-15-5-9-17(10-6-15)27-20(21)22/h3-10,20H,11H2,1-2H3,(H,23,25). The Kier molecular flexibility index (Phi) is 5.88. The zero-order valence-corrected chi connectivity index (χ0v) is 15.2. The lowest BCUT2D eigenvalue weighted by molar-refractivity contribution is -0.0498. The molecule has 1 aromatic heterocycles. The summed E-state index contributed by atoms with van der Waals surface area (Å²) in [6.07, 6.45) is 0. The number of halogens is 2. The Hall–Kier alpha value is -3.42. The quantitative estimate of drug-likeness (QED) is 0.634. The van der Waals surface area contributed by atoms with Crippen molar-refractivity contribution in [2.45, 2.75) is 27.1 Å². The normalized spacial score (nSPS) is 10.8. The van der Waals surface area contributed by atoms with Gasteiger partial charge in [-0.3, -0.25) is 4.79 Å². The fraction of sp³-hybridized carbons (Fsp3) is 0.200. The second-order valence-electron chi connectivity index (χ2n) is 5.97. The first-order chi connectivity index (χ1) is 13.4. The third kappa shape index (κ3) is 4.85. The lowest BCUT2D eigenvalue weighted by atomic mass is 10.2. The first-order valence-corrected chi connectivity index (χ1v) is 8.43. The van der Waals surface area contributed by atoms with Crippen molar-refractivity contribution in [1.82, 2.24) is 5.16 Å². The van der Waals surface area contributed by atoms with Crippen molar-refractivity contribution in [2.75, 3.05) is 5.32 Å². The molecule has 6 nitrogen and oxygen atoms in total. The van der Waals surface area contributed by atoms with Gasteiger partial charge in [0.1, 0.15) is 23.9 Å². The minimum absolute atomic E-state index is 0.0211. The molecule has 0 aliphatic rings. The van der Waals surface area contributed by atoms with E-state index in [9.17, 15) is 13.6 Å². The number of benzene rings is 2. The molecule has 1 N–H and O–H groups in total. The molecule has 0 unspecified atom stereocenters. The van der Waals surface area contributed by atoms with Gasteiger partial charge in [0.15, 0.2) is 0 Å². The molecule has 8 heteroatoms. The van der Waals surface area contributed by atoms with Crippen molar-refractivity contribution in [3.63, 3.8) is 0 Å². The highest BCUT2D eigenvalue weighted by atomic mass is 19.3. The van der Waals surface area contributed by atoms with E-state index in [0.29, 0.717) is 29.4 Å². The maximum absolute atomic E-state index is 12.3. The Balaban J connectivity index is 1.57. The molecule has 3 aromatic rings. The van der Waals surface area contributed by atoms with E-state index in [1.54, 1.807) is 24.3 Å². The average Bonchev–Trinajstić information content (AvgIpc) is 2.99. The topological polar surface area (TPSA) is 73.6 Å². The lowest BCUT2D eigenvalue weighted by Gasteiger charge is -2.09. The zero-order chi connectivity index (χ0) is 20.1. The van der Waals surface area contributed by atoms with Crippen LogP contribution in [0.15, 0.2) is 53.1 Å². The van der Waals surface area contributed by atoms with E-state index >= 15 is 0 Å². The van der Waals surface area contributed by atoms with E-state index in [1.165, 1.54) is 24.3 Å². The van der Waals surface area contributed by atoms with Crippen molar-refractivity contribution < 1.29 is 27.6 Å². The predicted octanol–water partition coefficient (Wildman–Crippen LogP) is 4.72. The average molecular weight is 388 g/mol. The van der Waals surface area contributed by atoms with Crippen LogP contribution in [0.2, 0.25) is 0 Å². The SMILES string of the molecule is Cc1noc(C)c1COc1ccc(C(=O)Nc2ccc(OC(F)F)cc2)cc1. The van der Waals surface area contributed by atoms with Crippen molar-refractivity contribution in [1.29, 1.82) is 0 Å². The first-order valence-electron chi connectivity index (χ1n) is 8.43. The monoisotopic (exact) mass is 388 g/mol. The Morgan fingerprint density at radius 1 is 1.07 bits per heavy atom. The summed E-state index contributed by atoms with van der Waals surface area (Å²) in [4.78, 5) is 12.3. The molecule has 0 saturated carbocycles. The molecule has 146 valence electrons. The number of alkyl halides is 2. The van der Waals surface area contributed by atoms with Gasteiger partial charge in [-0.1, -0.05) is 5.16 Å². The Morgan fingerprint density at radius 2 is 1.71 bits per heavy atom. The number of carbonyl (C=O) groups excluding carboxylic acids is 1. The van der Waals surface area contributed by atoms with E-state index in [4.69, 9.17) is 9.26 Å². The van der Waals surface area contributed by atoms with Crippen molar-refractivity contribution in [2.24, 2.45) is 0 Å². The summed E-state index contributed by atoms with van der Waals surface area (Å²) < 4.78 is 39.4. The number of nitrogens with one attached hydrogen (secondary N) is 1. The number of ether oxygens (including phenoxy) is 2. The minimum Gasteiger partial charge on any atom is -0.489 e. The fourth-order valence-electron chi connectivity index (χ4n) is 2.49. The Morgan fingerprint density at radius 3 is 2.29 bits per heavy atom. The second-order valence-corrected chi connectivity index (χ2v) is 5.97. The van der Waals surface area contributed by atoms with Gasteiger partial charge in [0.05, 0.1) is 11.3 Å². The summed E-state index contributed by atoms with van der Waals surface area (Å²) in [7, 11) is 0. The van der Waals surface area contributed by atoms with Crippen LogP contribution in [0.4, 0.5) is 14.5 Å². The molecule has 0 bridgehead atoms. The Labute approximate surface area is 160 Å². The van der Waals surface area contributed by atoms with Gasteiger partial charge >= 0.3 is 6.61 Å². The van der Waals surface area contributed by atoms with Crippen LogP contribution < -0.4 is 14.8 Å². The van der Waals surface area contributed by atoms with Gasteiger partial charge in [0, 0.05) is 11.3 Å². The van der Waals surface area contributed by atoms with Crippen LogP contribution in [0.3, 0.4) is 0 Å². The molecule has 0 saturated heterocycles. The van der Waals surface area contributed by atoms with E-state index in [2.05, 4.69) is 15.2 Å².